The molecule has 29 heavy (non-hydrogen) atoms. The van der Waals surface area contributed by atoms with Crippen LogP contribution in [0.25, 0.3) is 0 Å². The summed E-state index contributed by atoms with van der Waals surface area (Å²) in [5, 5.41) is 3.26. The zero-order valence-corrected chi connectivity index (χ0v) is 17.3. The molecule has 1 aromatic heterocycles. The number of hydrazine groups is 1. The average Bonchev–Trinajstić information content (AvgIpc) is 3.26. The molecule has 0 bridgehead atoms. The third-order valence-electron chi connectivity index (χ3n) is 6.78. The van der Waals surface area contributed by atoms with Crippen LogP contribution in [0.5, 0.6) is 0 Å². The summed E-state index contributed by atoms with van der Waals surface area (Å²) < 4.78 is 0. The first-order valence-corrected chi connectivity index (χ1v) is 11.1. The second-order valence-corrected chi connectivity index (χ2v) is 9.00. The Kier molecular flexibility index (Phi) is 6.45. The highest BCUT2D eigenvalue weighted by Crippen LogP contribution is 2.26. The van der Waals surface area contributed by atoms with Crippen molar-refractivity contribution in [2.24, 2.45) is 11.8 Å². The molecule has 0 radical (unpaired) electrons. The number of rotatable bonds is 4. The molecule has 7 heteroatoms. The van der Waals surface area contributed by atoms with E-state index in [1.165, 1.54) is 12.8 Å². The molecule has 0 spiro atoms. The summed E-state index contributed by atoms with van der Waals surface area (Å²) in [5.41, 5.74) is 7.51. The number of carbonyl (C=O) groups is 2. The topological polar surface area (TPSA) is 86.4 Å². The summed E-state index contributed by atoms with van der Waals surface area (Å²) in [4.78, 5) is 31.8. The standard InChI is InChI=1S/C22H33N5O2/c1-15-4-6-18(7-5-15)24-21(28)17-3-2-12-27(14-17)22(29)20-13-19(25-26-20)16-8-10-23-11-9-16/h8-11,15,17-20,25-26H,2-7,12-14H2,1H3,(H,24,28). The van der Waals surface area contributed by atoms with Crippen molar-refractivity contribution in [2.45, 2.75) is 70.0 Å². The maximum Gasteiger partial charge on any atom is 0.241 e. The molecular formula is C22H33N5O2. The van der Waals surface area contributed by atoms with Crippen LogP contribution in [0.1, 0.15) is 63.5 Å². The van der Waals surface area contributed by atoms with Crippen LogP contribution < -0.4 is 16.2 Å². The lowest BCUT2D eigenvalue weighted by atomic mass is 9.87. The van der Waals surface area contributed by atoms with Gasteiger partial charge in [-0.25, -0.2) is 10.9 Å². The molecule has 2 aliphatic heterocycles. The summed E-state index contributed by atoms with van der Waals surface area (Å²) in [7, 11) is 0. The molecule has 2 amide bonds. The number of nitrogens with one attached hydrogen (secondary N) is 3. The normalized spacial score (nSPS) is 32.7. The lowest BCUT2D eigenvalue weighted by Crippen LogP contribution is -2.52. The molecular weight excluding hydrogens is 366 g/mol. The Bertz CT molecular complexity index is 704. The van der Waals surface area contributed by atoms with Gasteiger partial charge in [-0.2, -0.15) is 0 Å². The number of hydrogen-bond donors (Lipinski definition) is 3. The van der Waals surface area contributed by atoms with Crippen molar-refractivity contribution >= 4 is 11.8 Å². The van der Waals surface area contributed by atoms with E-state index in [1.54, 1.807) is 12.4 Å². The first kappa shape index (κ1) is 20.3. The number of hydrogen-bond acceptors (Lipinski definition) is 5. The van der Waals surface area contributed by atoms with E-state index >= 15 is 0 Å². The van der Waals surface area contributed by atoms with Gasteiger partial charge >= 0.3 is 0 Å². The summed E-state index contributed by atoms with van der Waals surface area (Å²) in [6.45, 7) is 3.56. The van der Waals surface area contributed by atoms with E-state index in [-0.39, 0.29) is 29.8 Å². The van der Waals surface area contributed by atoms with Gasteiger partial charge in [0, 0.05) is 37.6 Å². The van der Waals surface area contributed by atoms with Crippen LogP contribution in [0.4, 0.5) is 0 Å². The molecule has 3 heterocycles. The number of nitrogens with zero attached hydrogens (tertiary/aromatic N) is 2. The molecule has 1 aliphatic carbocycles. The van der Waals surface area contributed by atoms with Crippen LogP contribution in [0.15, 0.2) is 24.5 Å². The van der Waals surface area contributed by atoms with Crippen LogP contribution in [0, 0.1) is 11.8 Å². The zero-order valence-electron chi connectivity index (χ0n) is 17.3. The van der Waals surface area contributed by atoms with Crippen LogP contribution in [0.2, 0.25) is 0 Å². The molecule has 1 saturated carbocycles. The van der Waals surface area contributed by atoms with Gasteiger partial charge < -0.3 is 10.2 Å². The molecule has 158 valence electrons. The van der Waals surface area contributed by atoms with E-state index in [0.717, 1.165) is 43.7 Å². The summed E-state index contributed by atoms with van der Waals surface area (Å²) in [5.74, 6) is 0.916. The summed E-state index contributed by atoms with van der Waals surface area (Å²) >= 11 is 0. The SMILES string of the molecule is CC1CCC(NC(=O)C2CCCN(C(=O)C3CC(c4ccncc4)NN3)C2)CC1. The highest BCUT2D eigenvalue weighted by atomic mass is 16.2. The molecule has 7 nitrogen and oxygen atoms in total. The molecule has 2 saturated heterocycles. The van der Waals surface area contributed by atoms with Gasteiger partial charge in [-0.05, 0) is 68.6 Å². The van der Waals surface area contributed by atoms with Gasteiger partial charge in [0.15, 0.2) is 0 Å². The number of likely N-dealkylation sites (tertiary alicyclic amines) is 1. The van der Waals surface area contributed by atoms with Crippen molar-refractivity contribution < 1.29 is 9.59 Å². The number of aromatic nitrogens is 1. The first-order chi connectivity index (χ1) is 14.1. The lowest BCUT2D eigenvalue weighted by Gasteiger charge is -2.35. The Morgan fingerprint density at radius 1 is 1.10 bits per heavy atom. The monoisotopic (exact) mass is 399 g/mol. The molecule has 3 fully saturated rings. The van der Waals surface area contributed by atoms with E-state index < -0.39 is 0 Å². The Hall–Kier alpha value is -1.99. The number of amides is 2. The van der Waals surface area contributed by atoms with E-state index in [0.29, 0.717) is 19.0 Å². The fraction of sp³-hybridized carbons (Fsp3) is 0.682. The van der Waals surface area contributed by atoms with Gasteiger partial charge in [-0.1, -0.05) is 6.92 Å². The van der Waals surface area contributed by atoms with Gasteiger partial charge in [0.1, 0.15) is 6.04 Å². The van der Waals surface area contributed by atoms with Gasteiger partial charge in [0.2, 0.25) is 11.8 Å². The van der Waals surface area contributed by atoms with Gasteiger partial charge in [0.05, 0.1) is 5.92 Å². The Labute approximate surface area is 173 Å². The molecule has 4 rings (SSSR count). The Balaban J connectivity index is 1.29. The third kappa shape index (κ3) is 4.95. The minimum absolute atomic E-state index is 0.0857. The summed E-state index contributed by atoms with van der Waals surface area (Å²) in [6.07, 6.45) is 10.6. The van der Waals surface area contributed by atoms with Gasteiger partial charge in [-0.15, -0.1) is 0 Å². The average molecular weight is 400 g/mol. The number of piperidine rings is 1. The number of pyridine rings is 1. The van der Waals surface area contributed by atoms with Crippen molar-refractivity contribution in [2.75, 3.05) is 13.1 Å². The smallest absolute Gasteiger partial charge is 0.241 e. The predicted octanol–water partition coefficient (Wildman–Crippen LogP) is 1.92. The van der Waals surface area contributed by atoms with Crippen LogP contribution in [-0.4, -0.2) is 46.9 Å². The van der Waals surface area contributed by atoms with Crippen molar-refractivity contribution in [3.63, 3.8) is 0 Å². The molecule has 0 aromatic carbocycles. The van der Waals surface area contributed by atoms with Crippen LogP contribution in [0.3, 0.4) is 0 Å². The predicted molar refractivity (Wildman–Crippen MR) is 111 cm³/mol. The lowest BCUT2D eigenvalue weighted by molar-refractivity contribution is -0.137. The van der Waals surface area contributed by atoms with Gasteiger partial charge in [0.25, 0.3) is 0 Å². The highest BCUT2D eigenvalue weighted by molar-refractivity contribution is 5.84. The van der Waals surface area contributed by atoms with E-state index in [1.807, 2.05) is 17.0 Å². The van der Waals surface area contributed by atoms with Crippen LogP contribution >= 0.6 is 0 Å². The molecule has 1 aromatic rings. The number of carbonyl (C=O) groups excluding carboxylic acids is 2. The molecule has 3 atom stereocenters. The minimum atomic E-state index is -0.255. The second kappa shape index (κ2) is 9.22. The maximum atomic E-state index is 13.1. The van der Waals surface area contributed by atoms with Crippen LogP contribution in [-0.2, 0) is 9.59 Å². The first-order valence-electron chi connectivity index (χ1n) is 11.1. The summed E-state index contributed by atoms with van der Waals surface area (Å²) in [6, 6.07) is 4.10. The molecule has 3 aliphatic rings. The highest BCUT2D eigenvalue weighted by Gasteiger charge is 2.36. The molecule has 3 N–H and O–H groups in total. The Morgan fingerprint density at radius 3 is 2.62 bits per heavy atom. The molecule has 3 unspecified atom stereocenters. The van der Waals surface area contributed by atoms with E-state index in [2.05, 4.69) is 28.1 Å². The van der Waals surface area contributed by atoms with Crippen molar-refractivity contribution in [1.29, 1.82) is 0 Å². The van der Waals surface area contributed by atoms with Gasteiger partial charge in [-0.3, -0.25) is 14.6 Å². The van der Waals surface area contributed by atoms with Crippen molar-refractivity contribution in [1.82, 2.24) is 26.1 Å². The third-order valence-corrected chi connectivity index (χ3v) is 6.78. The fourth-order valence-electron chi connectivity index (χ4n) is 4.87. The van der Waals surface area contributed by atoms with Crippen molar-refractivity contribution in [3.05, 3.63) is 30.1 Å². The maximum absolute atomic E-state index is 13.1. The Morgan fingerprint density at radius 2 is 1.86 bits per heavy atom. The zero-order chi connectivity index (χ0) is 20.2. The quantitative estimate of drug-likeness (QED) is 0.720. The van der Waals surface area contributed by atoms with Crippen molar-refractivity contribution in [3.8, 4) is 0 Å². The minimum Gasteiger partial charge on any atom is -0.353 e. The largest absolute Gasteiger partial charge is 0.353 e. The fourth-order valence-corrected chi connectivity index (χ4v) is 4.87. The second-order valence-electron chi connectivity index (χ2n) is 9.00. The van der Waals surface area contributed by atoms with E-state index in [9.17, 15) is 9.59 Å². The van der Waals surface area contributed by atoms with E-state index in [4.69, 9.17) is 0 Å².